The number of aromatic nitrogens is 2. The molecule has 2 N–H and O–H groups in total. The van der Waals surface area contributed by atoms with Crippen molar-refractivity contribution < 1.29 is 13.0 Å². The first kappa shape index (κ1) is 19.5. The van der Waals surface area contributed by atoms with Crippen LogP contribution in [0.15, 0.2) is 41.6 Å². The van der Waals surface area contributed by atoms with Crippen molar-refractivity contribution in [1.82, 2.24) is 15.3 Å². The highest BCUT2D eigenvalue weighted by atomic mass is 32.2. The molecule has 2 aromatic rings. The molecule has 2 aliphatic carbocycles. The molecular formula is C21H27N3O3S. The van der Waals surface area contributed by atoms with E-state index < -0.39 is 10.1 Å². The average molecular weight is 402 g/mol. The fourth-order valence-corrected chi connectivity index (χ4v) is 4.74. The Morgan fingerprint density at radius 1 is 1.00 bits per heavy atom. The maximum absolute atomic E-state index is 10.5. The second kappa shape index (κ2) is 7.54. The molecule has 2 heterocycles. The van der Waals surface area contributed by atoms with Gasteiger partial charge in [-0.05, 0) is 50.2 Å². The zero-order valence-corrected chi connectivity index (χ0v) is 17.0. The standard InChI is InChI=1S/C14H19N3.C7H8O3S/c1-2-14(3-1)4-10(5-14)12-8-17-13(9-16-12)11-6-15-7-11;1-6-2-4-7(5-3-6)11(8,9)10/h8-11,15H,1-7H2;2-5H,1H3,(H,8,9,10). The first-order chi connectivity index (χ1) is 13.3. The molecule has 150 valence electrons. The molecule has 0 bridgehead atoms. The van der Waals surface area contributed by atoms with E-state index in [1.165, 1.54) is 55.6 Å². The van der Waals surface area contributed by atoms with Gasteiger partial charge >= 0.3 is 0 Å². The zero-order valence-electron chi connectivity index (χ0n) is 16.1. The second-order valence-electron chi connectivity index (χ2n) is 8.47. The Bertz CT molecular complexity index is 910. The highest BCUT2D eigenvalue weighted by molar-refractivity contribution is 7.85. The molecule has 0 radical (unpaired) electrons. The molecule has 28 heavy (non-hydrogen) atoms. The largest absolute Gasteiger partial charge is 0.315 e. The Morgan fingerprint density at radius 3 is 1.96 bits per heavy atom. The van der Waals surface area contributed by atoms with Crippen molar-refractivity contribution in [3.63, 3.8) is 0 Å². The molecule has 1 saturated heterocycles. The van der Waals surface area contributed by atoms with E-state index in [-0.39, 0.29) is 4.90 Å². The van der Waals surface area contributed by atoms with Gasteiger partial charge in [0.1, 0.15) is 0 Å². The predicted molar refractivity (Wildman–Crippen MR) is 107 cm³/mol. The first-order valence-electron chi connectivity index (χ1n) is 9.91. The Labute approximate surface area is 166 Å². The van der Waals surface area contributed by atoms with Crippen LogP contribution in [0.2, 0.25) is 0 Å². The van der Waals surface area contributed by atoms with Crippen molar-refractivity contribution in [2.75, 3.05) is 13.1 Å². The van der Waals surface area contributed by atoms with Gasteiger partial charge in [-0.25, -0.2) is 0 Å². The lowest BCUT2D eigenvalue weighted by Gasteiger charge is -2.54. The molecule has 0 unspecified atom stereocenters. The van der Waals surface area contributed by atoms with E-state index in [4.69, 9.17) is 4.55 Å². The lowest BCUT2D eigenvalue weighted by molar-refractivity contribution is 0.00746. The molecule has 3 aliphatic rings. The summed E-state index contributed by atoms with van der Waals surface area (Å²) in [7, 11) is -4.02. The topological polar surface area (TPSA) is 92.2 Å². The number of nitrogens with one attached hydrogen (secondary N) is 1. The molecule has 3 fully saturated rings. The minimum absolute atomic E-state index is 0.0666. The minimum atomic E-state index is -4.02. The third-order valence-electron chi connectivity index (χ3n) is 6.40. The smallest absolute Gasteiger partial charge is 0.294 e. The maximum atomic E-state index is 10.5. The van der Waals surface area contributed by atoms with Crippen LogP contribution in [-0.2, 0) is 10.1 Å². The van der Waals surface area contributed by atoms with Gasteiger partial charge in [-0.3, -0.25) is 14.5 Å². The fraction of sp³-hybridized carbons (Fsp3) is 0.524. The Kier molecular flexibility index (Phi) is 5.24. The third kappa shape index (κ3) is 4.11. The van der Waals surface area contributed by atoms with Crippen LogP contribution in [0, 0.1) is 12.3 Å². The SMILES string of the molecule is Cc1ccc(S(=O)(=O)O)cc1.c1nc(C2CC3(CCC3)C2)cnc1C1CNC1. The second-order valence-corrected chi connectivity index (χ2v) is 9.89. The average Bonchev–Trinajstić information content (AvgIpc) is 2.52. The van der Waals surface area contributed by atoms with Crippen LogP contribution in [0.25, 0.3) is 0 Å². The molecular weight excluding hydrogens is 374 g/mol. The Hall–Kier alpha value is -1.83. The summed E-state index contributed by atoms with van der Waals surface area (Å²) in [6, 6.07) is 5.99. The van der Waals surface area contributed by atoms with Crippen LogP contribution in [0.5, 0.6) is 0 Å². The van der Waals surface area contributed by atoms with Crippen LogP contribution in [0.3, 0.4) is 0 Å². The molecule has 1 aliphatic heterocycles. The van der Waals surface area contributed by atoms with E-state index in [0.29, 0.717) is 11.8 Å². The summed E-state index contributed by atoms with van der Waals surface area (Å²) in [4.78, 5) is 9.16. The van der Waals surface area contributed by atoms with Crippen LogP contribution < -0.4 is 5.32 Å². The van der Waals surface area contributed by atoms with Gasteiger partial charge < -0.3 is 5.32 Å². The van der Waals surface area contributed by atoms with Gasteiger partial charge in [0.2, 0.25) is 0 Å². The number of hydrogen-bond acceptors (Lipinski definition) is 5. The maximum Gasteiger partial charge on any atom is 0.294 e. The van der Waals surface area contributed by atoms with Crippen molar-refractivity contribution in [2.24, 2.45) is 5.41 Å². The molecule has 1 spiro atoms. The quantitative estimate of drug-likeness (QED) is 0.766. The van der Waals surface area contributed by atoms with Crippen LogP contribution in [0.4, 0.5) is 0 Å². The van der Waals surface area contributed by atoms with Crippen LogP contribution in [-0.4, -0.2) is 36.0 Å². The van der Waals surface area contributed by atoms with E-state index in [2.05, 4.69) is 15.3 Å². The van der Waals surface area contributed by atoms with Gasteiger partial charge in [-0.2, -0.15) is 8.42 Å². The van der Waals surface area contributed by atoms with Gasteiger partial charge in [-0.1, -0.05) is 24.1 Å². The van der Waals surface area contributed by atoms with E-state index in [9.17, 15) is 8.42 Å². The van der Waals surface area contributed by atoms with Gasteiger partial charge in [0, 0.05) is 37.3 Å². The molecule has 2 saturated carbocycles. The fourth-order valence-electron chi connectivity index (χ4n) is 4.26. The normalized spacial score (nSPS) is 21.1. The molecule has 7 heteroatoms. The minimum Gasteiger partial charge on any atom is -0.315 e. The lowest BCUT2D eigenvalue weighted by Crippen LogP contribution is -2.42. The number of nitrogens with zero attached hydrogens (tertiary/aromatic N) is 2. The highest BCUT2D eigenvalue weighted by Crippen LogP contribution is 2.61. The van der Waals surface area contributed by atoms with Gasteiger partial charge in [-0.15, -0.1) is 0 Å². The summed E-state index contributed by atoms with van der Waals surface area (Å²) in [5, 5.41) is 3.28. The lowest BCUT2D eigenvalue weighted by atomic mass is 9.51. The number of hydrogen-bond donors (Lipinski definition) is 2. The predicted octanol–water partition coefficient (Wildman–Crippen LogP) is 3.45. The van der Waals surface area contributed by atoms with E-state index in [0.717, 1.165) is 24.1 Å². The van der Waals surface area contributed by atoms with Crippen molar-refractivity contribution in [2.45, 2.75) is 55.8 Å². The molecule has 5 rings (SSSR count). The summed E-state index contributed by atoms with van der Waals surface area (Å²) in [6.07, 6.45) is 11.1. The third-order valence-corrected chi connectivity index (χ3v) is 7.27. The number of aryl methyl sites for hydroxylation is 1. The van der Waals surface area contributed by atoms with Gasteiger partial charge in [0.05, 0.1) is 16.3 Å². The van der Waals surface area contributed by atoms with Gasteiger partial charge in [0.25, 0.3) is 10.1 Å². The first-order valence-corrected chi connectivity index (χ1v) is 11.4. The molecule has 0 amide bonds. The van der Waals surface area contributed by atoms with Gasteiger partial charge in [0.15, 0.2) is 0 Å². The number of rotatable bonds is 3. The van der Waals surface area contributed by atoms with Crippen molar-refractivity contribution in [3.05, 3.63) is 53.6 Å². The Balaban J connectivity index is 0.000000153. The summed E-state index contributed by atoms with van der Waals surface area (Å²) in [5.74, 6) is 1.31. The molecule has 0 atom stereocenters. The van der Waals surface area contributed by atoms with Crippen molar-refractivity contribution in [3.8, 4) is 0 Å². The molecule has 6 nitrogen and oxygen atoms in total. The Morgan fingerprint density at radius 2 is 1.57 bits per heavy atom. The summed E-state index contributed by atoms with van der Waals surface area (Å²) in [5.41, 5.74) is 4.10. The summed E-state index contributed by atoms with van der Waals surface area (Å²) in [6.45, 7) is 3.98. The monoisotopic (exact) mass is 401 g/mol. The van der Waals surface area contributed by atoms with E-state index in [1.54, 1.807) is 12.1 Å². The molecule has 1 aromatic heterocycles. The van der Waals surface area contributed by atoms with Crippen molar-refractivity contribution >= 4 is 10.1 Å². The van der Waals surface area contributed by atoms with Crippen LogP contribution in [0.1, 0.15) is 60.9 Å². The molecule has 1 aromatic carbocycles. The zero-order chi connectivity index (χ0) is 19.8. The highest BCUT2D eigenvalue weighted by Gasteiger charge is 2.48. The number of benzene rings is 1. The summed E-state index contributed by atoms with van der Waals surface area (Å²) < 4.78 is 29.6. The van der Waals surface area contributed by atoms with Crippen LogP contribution >= 0.6 is 0 Å². The van der Waals surface area contributed by atoms with E-state index >= 15 is 0 Å². The van der Waals surface area contributed by atoms with E-state index in [1.807, 2.05) is 19.3 Å². The van der Waals surface area contributed by atoms with Crippen molar-refractivity contribution in [1.29, 1.82) is 0 Å². The summed E-state index contributed by atoms with van der Waals surface area (Å²) >= 11 is 0.